The fourth-order valence-corrected chi connectivity index (χ4v) is 2.80. The number of carboxylic acid groups (broad SMARTS) is 1. The number of carbonyl (C=O) groups is 1. The first-order chi connectivity index (χ1) is 9.49. The number of thioether (sulfide) groups is 1. The van der Waals surface area contributed by atoms with Gasteiger partial charge in [-0.05, 0) is 26.3 Å². The van der Waals surface area contributed by atoms with Gasteiger partial charge in [-0.1, -0.05) is 41.6 Å². The highest BCUT2D eigenvalue weighted by atomic mass is 32.2. The molecule has 0 bridgehead atoms. The molecular formula is C14H17N3O2S. The third kappa shape index (κ3) is 3.19. The summed E-state index contributed by atoms with van der Waals surface area (Å²) in [6, 6.07) is 8.35. The molecule has 1 heterocycles. The second-order valence-electron chi connectivity index (χ2n) is 4.67. The molecule has 1 aromatic carbocycles. The third-order valence-corrected chi connectivity index (χ3v) is 4.03. The van der Waals surface area contributed by atoms with E-state index in [0.717, 1.165) is 11.4 Å². The van der Waals surface area contributed by atoms with Crippen LogP contribution in [-0.2, 0) is 4.79 Å². The van der Waals surface area contributed by atoms with Gasteiger partial charge in [-0.25, -0.2) is 0 Å². The number of nitrogens with zero attached hydrogens (tertiary/aromatic N) is 3. The van der Waals surface area contributed by atoms with Gasteiger partial charge in [-0.2, -0.15) is 0 Å². The highest BCUT2D eigenvalue weighted by Gasteiger charge is 2.17. The van der Waals surface area contributed by atoms with Gasteiger partial charge >= 0.3 is 5.97 Å². The highest BCUT2D eigenvalue weighted by Crippen LogP contribution is 2.26. The van der Waals surface area contributed by atoms with Crippen molar-refractivity contribution in [1.82, 2.24) is 14.8 Å². The van der Waals surface area contributed by atoms with Crippen LogP contribution in [-0.4, -0.2) is 31.6 Å². The van der Waals surface area contributed by atoms with Gasteiger partial charge in [0.1, 0.15) is 5.82 Å². The highest BCUT2D eigenvalue weighted by molar-refractivity contribution is 7.99. The summed E-state index contributed by atoms with van der Waals surface area (Å²) in [5.41, 5.74) is 2.36. The number of aliphatic carboxylic acids is 1. The first-order valence-electron chi connectivity index (χ1n) is 6.31. The van der Waals surface area contributed by atoms with Crippen molar-refractivity contribution in [3.63, 3.8) is 0 Å². The fourth-order valence-electron chi connectivity index (χ4n) is 2.01. The summed E-state index contributed by atoms with van der Waals surface area (Å²) in [6.07, 6.45) is 0. The standard InChI is InChI=1S/C14H17N3O2S/c1-9-4-6-12(7-5-9)10(2)17-11(3)15-16-14(17)20-8-13(18)19/h4-7,10H,8H2,1-3H3,(H,18,19). The van der Waals surface area contributed by atoms with Gasteiger partial charge in [0.05, 0.1) is 11.8 Å². The molecule has 1 N–H and O–H groups in total. The predicted molar refractivity (Wildman–Crippen MR) is 78.1 cm³/mol. The SMILES string of the molecule is Cc1ccc(C(C)n2c(C)nnc2SCC(=O)O)cc1. The van der Waals surface area contributed by atoms with Crippen LogP contribution in [0.15, 0.2) is 29.4 Å². The maximum Gasteiger partial charge on any atom is 0.313 e. The van der Waals surface area contributed by atoms with Crippen molar-refractivity contribution in [2.45, 2.75) is 32.0 Å². The molecular weight excluding hydrogens is 274 g/mol. The largest absolute Gasteiger partial charge is 0.481 e. The zero-order valence-corrected chi connectivity index (χ0v) is 12.5. The van der Waals surface area contributed by atoms with Crippen LogP contribution in [0.3, 0.4) is 0 Å². The molecule has 2 aromatic rings. The Kier molecular flexibility index (Phi) is 4.44. The van der Waals surface area contributed by atoms with Crippen LogP contribution < -0.4 is 0 Å². The Bertz CT molecular complexity index is 607. The lowest BCUT2D eigenvalue weighted by Crippen LogP contribution is -2.11. The molecule has 0 amide bonds. The maximum absolute atomic E-state index is 10.7. The van der Waals surface area contributed by atoms with E-state index in [-0.39, 0.29) is 11.8 Å². The summed E-state index contributed by atoms with van der Waals surface area (Å²) in [4.78, 5) is 10.7. The van der Waals surface area contributed by atoms with Crippen molar-refractivity contribution < 1.29 is 9.90 Å². The smallest absolute Gasteiger partial charge is 0.313 e. The maximum atomic E-state index is 10.7. The lowest BCUT2D eigenvalue weighted by atomic mass is 10.1. The zero-order valence-electron chi connectivity index (χ0n) is 11.7. The van der Waals surface area contributed by atoms with E-state index in [0.29, 0.717) is 5.16 Å². The number of rotatable bonds is 5. The number of carboxylic acids is 1. The van der Waals surface area contributed by atoms with Crippen molar-refractivity contribution >= 4 is 17.7 Å². The minimum atomic E-state index is -0.856. The van der Waals surface area contributed by atoms with Crippen LogP contribution in [0.4, 0.5) is 0 Å². The van der Waals surface area contributed by atoms with Gasteiger partial charge < -0.3 is 5.11 Å². The molecule has 0 fully saturated rings. The van der Waals surface area contributed by atoms with E-state index in [1.54, 1.807) is 0 Å². The topological polar surface area (TPSA) is 68.0 Å². The first kappa shape index (κ1) is 14.6. The monoisotopic (exact) mass is 291 g/mol. The molecule has 0 aliphatic rings. The van der Waals surface area contributed by atoms with E-state index in [2.05, 4.69) is 41.4 Å². The van der Waals surface area contributed by atoms with Gasteiger partial charge in [0.25, 0.3) is 0 Å². The summed E-state index contributed by atoms with van der Waals surface area (Å²) in [5.74, 6) is -0.0881. The van der Waals surface area contributed by atoms with Gasteiger partial charge in [-0.15, -0.1) is 10.2 Å². The Labute approximate surface area is 122 Å². The van der Waals surface area contributed by atoms with Gasteiger partial charge in [0.15, 0.2) is 5.16 Å². The Balaban J connectivity index is 2.28. The Morgan fingerprint density at radius 1 is 1.30 bits per heavy atom. The summed E-state index contributed by atoms with van der Waals surface area (Å²) >= 11 is 1.19. The number of hydrogen-bond acceptors (Lipinski definition) is 4. The molecule has 20 heavy (non-hydrogen) atoms. The van der Waals surface area contributed by atoms with Crippen LogP contribution in [0.2, 0.25) is 0 Å². The average Bonchev–Trinajstić information content (AvgIpc) is 2.77. The molecule has 0 aliphatic carbocycles. The van der Waals surface area contributed by atoms with E-state index in [1.807, 2.05) is 18.4 Å². The minimum Gasteiger partial charge on any atom is -0.481 e. The summed E-state index contributed by atoms with van der Waals surface area (Å²) in [7, 11) is 0. The molecule has 0 aliphatic heterocycles. The Hall–Kier alpha value is -1.82. The van der Waals surface area contributed by atoms with Crippen LogP contribution in [0.5, 0.6) is 0 Å². The van der Waals surface area contributed by atoms with E-state index in [4.69, 9.17) is 5.11 Å². The normalized spacial score (nSPS) is 12.3. The van der Waals surface area contributed by atoms with Crippen molar-refractivity contribution in [2.24, 2.45) is 0 Å². The molecule has 2 rings (SSSR count). The first-order valence-corrected chi connectivity index (χ1v) is 7.30. The average molecular weight is 291 g/mol. The van der Waals surface area contributed by atoms with Crippen molar-refractivity contribution in [3.8, 4) is 0 Å². The summed E-state index contributed by atoms with van der Waals surface area (Å²) in [5, 5.41) is 17.5. The molecule has 0 saturated heterocycles. The number of benzene rings is 1. The molecule has 0 saturated carbocycles. The number of hydrogen-bond donors (Lipinski definition) is 1. The Morgan fingerprint density at radius 2 is 1.95 bits per heavy atom. The van der Waals surface area contributed by atoms with Crippen LogP contribution in [0.25, 0.3) is 0 Å². The van der Waals surface area contributed by atoms with Crippen LogP contribution in [0, 0.1) is 13.8 Å². The van der Waals surface area contributed by atoms with Crippen molar-refractivity contribution in [3.05, 3.63) is 41.2 Å². The molecule has 1 atom stereocenters. The van der Waals surface area contributed by atoms with Crippen LogP contribution in [0.1, 0.15) is 29.9 Å². The summed E-state index contributed by atoms with van der Waals surface area (Å²) in [6.45, 7) is 5.99. The number of aromatic nitrogens is 3. The summed E-state index contributed by atoms with van der Waals surface area (Å²) < 4.78 is 1.97. The molecule has 1 unspecified atom stereocenters. The molecule has 0 radical (unpaired) electrons. The van der Waals surface area contributed by atoms with Crippen molar-refractivity contribution in [2.75, 3.05) is 5.75 Å². The quantitative estimate of drug-likeness (QED) is 0.858. The fraction of sp³-hybridized carbons (Fsp3) is 0.357. The molecule has 0 spiro atoms. The zero-order chi connectivity index (χ0) is 14.7. The third-order valence-electron chi connectivity index (χ3n) is 3.11. The van der Waals surface area contributed by atoms with E-state index >= 15 is 0 Å². The second kappa shape index (κ2) is 6.09. The van der Waals surface area contributed by atoms with Crippen LogP contribution >= 0.6 is 11.8 Å². The predicted octanol–water partition coefficient (Wildman–Crippen LogP) is 2.68. The van der Waals surface area contributed by atoms with Crippen molar-refractivity contribution in [1.29, 1.82) is 0 Å². The molecule has 1 aromatic heterocycles. The molecule has 5 nitrogen and oxygen atoms in total. The molecule has 6 heteroatoms. The van der Waals surface area contributed by atoms with Gasteiger partial charge in [0, 0.05) is 0 Å². The minimum absolute atomic E-state index is 0.0151. The Morgan fingerprint density at radius 3 is 2.55 bits per heavy atom. The molecule has 106 valence electrons. The van der Waals surface area contributed by atoms with E-state index in [1.165, 1.54) is 17.3 Å². The lowest BCUT2D eigenvalue weighted by Gasteiger charge is -2.17. The van der Waals surface area contributed by atoms with Gasteiger partial charge in [-0.3, -0.25) is 9.36 Å². The second-order valence-corrected chi connectivity index (χ2v) is 5.61. The van der Waals surface area contributed by atoms with E-state index < -0.39 is 5.97 Å². The number of aryl methyl sites for hydroxylation is 2. The van der Waals surface area contributed by atoms with Gasteiger partial charge in [0.2, 0.25) is 0 Å². The lowest BCUT2D eigenvalue weighted by molar-refractivity contribution is -0.133. The van der Waals surface area contributed by atoms with E-state index in [9.17, 15) is 4.79 Å².